The number of halogens is 1. The summed E-state index contributed by atoms with van der Waals surface area (Å²) in [6.45, 7) is 9.31. The SMILES string of the molecule is C[C@@H](Oc1nnc(-c2cnn(COCC[Si](C)(C)C)c(=O)c2)n1C)c1nnn(-c2cccc(Cl)c2)n1. The van der Waals surface area contributed by atoms with Crippen molar-refractivity contribution in [3.05, 3.63) is 57.7 Å². The smallest absolute Gasteiger partial charge is 0.317 e. The molecule has 0 N–H and O–H groups in total. The number of benzene rings is 1. The molecule has 0 aliphatic heterocycles. The summed E-state index contributed by atoms with van der Waals surface area (Å²) in [4.78, 5) is 13.9. The highest BCUT2D eigenvalue weighted by Crippen LogP contribution is 2.22. The van der Waals surface area contributed by atoms with Crippen LogP contribution in [0.4, 0.5) is 0 Å². The highest BCUT2D eigenvalue weighted by Gasteiger charge is 2.20. The molecule has 0 saturated heterocycles. The molecule has 12 nitrogen and oxygen atoms in total. The van der Waals surface area contributed by atoms with Crippen LogP contribution in [-0.4, -0.2) is 59.4 Å². The fourth-order valence-electron chi connectivity index (χ4n) is 3.16. The maximum Gasteiger partial charge on any atom is 0.317 e. The van der Waals surface area contributed by atoms with E-state index in [2.05, 4.69) is 50.3 Å². The van der Waals surface area contributed by atoms with Gasteiger partial charge in [0.15, 0.2) is 11.9 Å². The van der Waals surface area contributed by atoms with Crippen LogP contribution in [0.15, 0.2) is 41.3 Å². The average Bonchev–Trinajstić information content (AvgIpc) is 3.45. The Morgan fingerprint density at radius 3 is 2.67 bits per heavy atom. The van der Waals surface area contributed by atoms with E-state index in [1.807, 2.05) is 6.07 Å². The van der Waals surface area contributed by atoms with Crippen LogP contribution in [0.1, 0.15) is 18.9 Å². The highest BCUT2D eigenvalue weighted by molar-refractivity contribution is 6.76. The molecular weight excluding hydrogens is 502 g/mol. The number of aromatic nitrogens is 9. The molecule has 0 bridgehead atoms. The first-order chi connectivity index (χ1) is 17.1. The number of ether oxygens (including phenoxy) is 2. The summed E-state index contributed by atoms with van der Waals surface area (Å²) in [7, 11) is 0.539. The van der Waals surface area contributed by atoms with Crippen LogP contribution in [-0.2, 0) is 18.5 Å². The third-order valence-corrected chi connectivity index (χ3v) is 7.23. The van der Waals surface area contributed by atoms with Gasteiger partial charge in [-0.3, -0.25) is 9.36 Å². The maximum absolute atomic E-state index is 12.5. The quantitative estimate of drug-likeness (QED) is 0.225. The number of tetrazole rings is 1. The minimum atomic E-state index is -1.20. The number of nitrogens with zero attached hydrogens (tertiary/aromatic N) is 9. The molecule has 1 atom stereocenters. The predicted molar refractivity (Wildman–Crippen MR) is 136 cm³/mol. The molecule has 36 heavy (non-hydrogen) atoms. The molecular formula is C22H28ClN9O3Si. The van der Waals surface area contributed by atoms with Crippen LogP contribution in [0.25, 0.3) is 17.1 Å². The fourth-order valence-corrected chi connectivity index (χ4v) is 4.10. The van der Waals surface area contributed by atoms with Gasteiger partial charge in [-0.05, 0) is 36.4 Å². The Morgan fingerprint density at radius 1 is 1.14 bits per heavy atom. The van der Waals surface area contributed by atoms with Gasteiger partial charge >= 0.3 is 6.01 Å². The summed E-state index contributed by atoms with van der Waals surface area (Å²) >= 11 is 6.04. The second-order valence-electron chi connectivity index (χ2n) is 9.47. The van der Waals surface area contributed by atoms with Gasteiger partial charge in [-0.2, -0.15) is 5.10 Å². The molecule has 14 heteroatoms. The molecule has 0 spiro atoms. The fraction of sp³-hybridized carbons (Fsp3) is 0.409. The largest absolute Gasteiger partial charge is 0.452 e. The first kappa shape index (κ1) is 25.7. The van der Waals surface area contributed by atoms with Crippen molar-refractivity contribution >= 4 is 19.7 Å². The molecule has 0 aliphatic rings. The van der Waals surface area contributed by atoms with E-state index in [0.29, 0.717) is 34.5 Å². The summed E-state index contributed by atoms with van der Waals surface area (Å²) in [6, 6.07) is 9.82. The third kappa shape index (κ3) is 6.22. The standard InChI is InChI=1S/C22H28ClN9O3Si/c1-15(20-25-29-32(28-20)18-8-6-7-17(23)12-18)35-22-27-26-21(30(22)2)16-11-19(33)31(24-13-16)14-34-9-10-36(3,4)5/h6-8,11-13,15H,9-10,14H2,1-5H3/t15-/m1/s1. The lowest BCUT2D eigenvalue weighted by molar-refractivity contribution is 0.0750. The Hall–Kier alpha value is -3.42. The van der Waals surface area contributed by atoms with Gasteiger partial charge < -0.3 is 9.47 Å². The summed E-state index contributed by atoms with van der Waals surface area (Å²) in [5.74, 6) is 0.794. The van der Waals surface area contributed by atoms with Gasteiger partial charge in [0.2, 0.25) is 5.82 Å². The molecule has 4 rings (SSSR count). The Morgan fingerprint density at radius 2 is 1.94 bits per heavy atom. The Kier molecular flexibility index (Phi) is 7.61. The molecule has 0 fully saturated rings. The Bertz CT molecular complexity index is 1400. The van der Waals surface area contributed by atoms with Gasteiger partial charge in [0, 0.05) is 38.4 Å². The molecule has 1 aromatic carbocycles. The van der Waals surface area contributed by atoms with E-state index in [4.69, 9.17) is 21.1 Å². The highest BCUT2D eigenvalue weighted by atomic mass is 35.5. The lowest BCUT2D eigenvalue weighted by Crippen LogP contribution is -2.26. The molecule has 0 aliphatic carbocycles. The zero-order chi connectivity index (χ0) is 25.9. The summed E-state index contributed by atoms with van der Waals surface area (Å²) in [5, 5.41) is 25.6. The van der Waals surface area contributed by atoms with Crippen molar-refractivity contribution in [2.45, 2.75) is 45.4 Å². The van der Waals surface area contributed by atoms with Gasteiger partial charge in [-0.15, -0.1) is 20.1 Å². The molecule has 3 heterocycles. The van der Waals surface area contributed by atoms with E-state index in [1.165, 1.54) is 15.5 Å². The Labute approximate surface area is 213 Å². The van der Waals surface area contributed by atoms with Crippen molar-refractivity contribution in [1.29, 1.82) is 0 Å². The van der Waals surface area contributed by atoms with Crippen molar-refractivity contribution in [2.24, 2.45) is 7.05 Å². The van der Waals surface area contributed by atoms with Crippen LogP contribution in [0.5, 0.6) is 6.01 Å². The minimum Gasteiger partial charge on any atom is -0.452 e. The molecule has 190 valence electrons. The van der Waals surface area contributed by atoms with E-state index >= 15 is 0 Å². The zero-order valence-corrected chi connectivity index (χ0v) is 22.5. The third-order valence-electron chi connectivity index (χ3n) is 5.29. The zero-order valence-electron chi connectivity index (χ0n) is 20.8. The number of hydrogen-bond acceptors (Lipinski definition) is 9. The predicted octanol–water partition coefficient (Wildman–Crippen LogP) is 3.12. The molecule has 3 aromatic heterocycles. The van der Waals surface area contributed by atoms with E-state index in [1.54, 1.807) is 42.9 Å². The Balaban J connectivity index is 1.42. The summed E-state index contributed by atoms with van der Waals surface area (Å²) < 4.78 is 14.5. The first-order valence-corrected chi connectivity index (χ1v) is 15.5. The summed E-state index contributed by atoms with van der Waals surface area (Å²) in [6.07, 6.45) is 0.992. The molecule has 0 amide bonds. The normalized spacial score (nSPS) is 12.6. The summed E-state index contributed by atoms with van der Waals surface area (Å²) in [5.41, 5.74) is 0.903. The van der Waals surface area contributed by atoms with Gasteiger partial charge in [-0.25, -0.2) is 4.68 Å². The van der Waals surface area contributed by atoms with E-state index in [0.717, 1.165) is 6.04 Å². The molecule has 0 radical (unpaired) electrons. The van der Waals surface area contributed by atoms with Gasteiger partial charge in [0.25, 0.3) is 5.56 Å². The van der Waals surface area contributed by atoms with Crippen molar-refractivity contribution in [2.75, 3.05) is 6.61 Å². The van der Waals surface area contributed by atoms with Crippen LogP contribution < -0.4 is 10.3 Å². The van der Waals surface area contributed by atoms with Crippen molar-refractivity contribution in [3.63, 3.8) is 0 Å². The van der Waals surface area contributed by atoms with E-state index in [9.17, 15) is 4.79 Å². The lowest BCUT2D eigenvalue weighted by Gasteiger charge is -2.15. The van der Waals surface area contributed by atoms with Crippen LogP contribution in [0.2, 0.25) is 30.7 Å². The van der Waals surface area contributed by atoms with Gasteiger partial charge in [0.1, 0.15) is 6.73 Å². The maximum atomic E-state index is 12.5. The van der Waals surface area contributed by atoms with Crippen molar-refractivity contribution < 1.29 is 9.47 Å². The average molecular weight is 530 g/mol. The van der Waals surface area contributed by atoms with E-state index < -0.39 is 14.2 Å². The van der Waals surface area contributed by atoms with Crippen molar-refractivity contribution in [1.82, 2.24) is 44.8 Å². The molecule has 0 saturated carbocycles. The number of rotatable bonds is 10. The molecule has 0 unspecified atom stereocenters. The first-order valence-electron chi connectivity index (χ1n) is 11.4. The van der Waals surface area contributed by atoms with Gasteiger partial charge in [0.05, 0.1) is 11.9 Å². The topological polar surface area (TPSA) is 128 Å². The van der Waals surface area contributed by atoms with Crippen LogP contribution in [0.3, 0.4) is 0 Å². The second kappa shape index (κ2) is 10.7. The van der Waals surface area contributed by atoms with Crippen LogP contribution in [0, 0.1) is 0 Å². The minimum absolute atomic E-state index is 0.108. The lowest BCUT2D eigenvalue weighted by atomic mass is 10.3. The molecule has 4 aromatic rings. The van der Waals surface area contributed by atoms with Crippen LogP contribution >= 0.6 is 11.6 Å². The van der Waals surface area contributed by atoms with E-state index in [-0.39, 0.29) is 18.3 Å². The van der Waals surface area contributed by atoms with Gasteiger partial charge in [-0.1, -0.05) is 42.4 Å². The number of hydrogen-bond donors (Lipinski definition) is 0. The second-order valence-corrected chi connectivity index (χ2v) is 15.5. The monoisotopic (exact) mass is 529 g/mol. The van der Waals surface area contributed by atoms with Crippen molar-refractivity contribution in [3.8, 4) is 23.1 Å².